The van der Waals surface area contributed by atoms with Crippen molar-refractivity contribution in [3.05, 3.63) is 39.5 Å². The Bertz CT molecular complexity index is 594. The molecular weight excluding hydrogens is 244 g/mol. The van der Waals surface area contributed by atoms with Gasteiger partial charge in [0.25, 0.3) is 0 Å². The second kappa shape index (κ2) is 4.85. The number of hydrogen-bond acceptors (Lipinski definition) is 2. The molecule has 0 radical (unpaired) electrons. The van der Waals surface area contributed by atoms with Gasteiger partial charge in [-0.15, -0.1) is 0 Å². The van der Waals surface area contributed by atoms with E-state index in [-0.39, 0.29) is 6.04 Å². The minimum atomic E-state index is 0.0885. The fraction of sp³-hybridized carbons (Fsp3) is 0.500. The molecule has 1 saturated carbocycles. The first-order valence-electron chi connectivity index (χ1n) is 7.64. The Hall–Kier alpha value is -1.41. The molecule has 3 rings (SSSR count). The number of fused-ring (bicyclic) bond motifs is 1. The summed E-state index contributed by atoms with van der Waals surface area (Å²) < 4.78 is 0. The maximum atomic E-state index is 7.86. The van der Waals surface area contributed by atoms with Crippen LogP contribution in [0.25, 0.3) is 6.08 Å². The summed E-state index contributed by atoms with van der Waals surface area (Å²) in [4.78, 5) is 0. The van der Waals surface area contributed by atoms with E-state index in [1.807, 2.05) is 0 Å². The van der Waals surface area contributed by atoms with Gasteiger partial charge in [-0.05, 0) is 67.2 Å². The van der Waals surface area contributed by atoms with Crippen LogP contribution in [0, 0.1) is 18.3 Å². The monoisotopic (exact) mass is 268 g/mol. The Morgan fingerprint density at radius 3 is 2.65 bits per heavy atom. The van der Waals surface area contributed by atoms with Crippen molar-refractivity contribution in [3.8, 4) is 0 Å². The lowest BCUT2D eigenvalue weighted by molar-refractivity contribution is 0.639. The highest BCUT2D eigenvalue weighted by molar-refractivity contribution is 5.88. The van der Waals surface area contributed by atoms with E-state index < -0.39 is 0 Å². The van der Waals surface area contributed by atoms with Crippen LogP contribution in [0.15, 0.2) is 11.6 Å². The molecule has 0 bridgehead atoms. The number of nitrogens with two attached hydrogens (primary N) is 1. The molecule has 0 amide bonds. The van der Waals surface area contributed by atoms with Gasteiger partial charge >= 0.3 is 0 Å². The quantitative estimate of drug-likeness (QED) is 0.788. The molecule has 106 valence electrons. The SMILES string of the molecule is C/C(=C\c1c(C)cc2c(c1C=N)[C@@H](N)C[C@@H]2C)C1CC1. The molecule has 0 saturated heterocycles. The molecule has 20 heavy (non-hydrogen) atoms. The minimum Gasteiger partial charge on any atom is -0.324 e. The Morgan fingerprint density at radius 2 is 2.05 bits per heavy atom. The van der Waals surface area contributed by atoms with Crippen LogP contribution in [-0.4, -0.2) is 6.21 Å². The molecule has 0 unspecified atom stereocenters. The van der Waals surface area contributed by atoms with Crippen LogP contribution in [0.3, 0.4) is 0 Å². The Morgan fingerprint density at radius 1 is 1.35 bits per heavy atom. The number of benzene rings is 1. The molecule has 0 aromatic heterocycles. The summed E-state index contributed by atoms with van der Waals surface area (Å²) in [6.45, 7) is 6.63. The molecule has 1 aromatic carbocycles. The first-order valence-corrected chi connectivity index (χ1v) is 7.64. The highest BCUT2D eigenvalue weighted by atomic mass is 14.7. The highest BCUT2D eigenvalue weighted by Crippen LogP contribution is 2.43. The molecular formula is C18H24N2. The predicted molar refractivity (Wildman–Crippen MR) is 85.4 cm³/mol. The summed E-state index contributed by atoms with van der Waals surface area (Å²) in [6.07, 6.45) is 7.45. The van der Waals surface area contributed by atoms with Crippen molar-refractivity contribution in [1.82, 2.24) is 0 Å². The smallest absolute Gasteiger partial charge is 0.0310 e. The summed E-state index contributed by atoms with van der Waals surface area (Å²) in [5, 5.41) is 7.86. The predicted octanol–water partition coefficient (Wildman–Crippen LogP) is 4.31. The molecule has 3 N–H and O–H groups in total. The van der Waals surface area contributed by atoms with Crippen LogP contribution in [0.4, 0.5) is 0 Å². The van der Waals surface area contributed by atoms with E-state index in [1.165, 1.54) is 46.9 Å². The fourth-order valence-electron chi connectivity index (χ4n) is 3.58. The van der Waals surface area contributed by atoms with E-state index in [2.05, 4.69) is 32.9 Å². The van der Waals surface area contributed by atoms with Crippen molar-refractivity contribution in [2.75, 3.05) is 0 Å². The summed E-state index contributed by atoms with van der Waals surface area (Å²) in [6, 6.07) is 2.39. The zero-order valence-electron chi connectivity index (χ0n) is 12.7. The lowest BCUT2D eigenvalue weighted by Gasteiger charge is -2.16. The van der Waals surface area contributed by atoms with Gasteiger partial charge in [-0.1, -0.05) is 24.6 Å². The minimum absolute atomic E-state index is 0.0885. The van der Waals surface area contributed by atoms with Gasteiger partial charge < -0.3 is 11.1 Å². The van der Waals surface area contributed by atoms with Gasteiger partial charge in [0.05, 0.1) is 0 Å². The normalized spacial score (nSPS) is 25.7. The Labute approximate surface area is 121 Å². The molecule has 0 aliphatic heterocycles. The zero-order chi connectivity index (χ0) is 14.4. The van der Waals surface area contributed by atoms with E-state index in [0.717, 1.165) is 17.9 Å². The average molecular weight is 268 g/mol. The number of aryl methyl sites for hydroxylation is 1. The van der Waals surface area contributed by atoms with Crippen molar-refractivity contribution >= 4 is 12.3 Å². The molecule has 1 fully saturated rings. The molecule has 2 heteroatoms. The van der Waals surface area contributed by atoms with Gasteiger partial charge in [-0.2, -0.15) is 0 Å². The van der Waals surface area contributed by atoms with Gasteiger partial charge in [0.15, 0.2) is 0 Å². The van der Waals surface area contributed by atoms with E-state index in [1.54, 1.807) is 0 Å². The van der Waals surface area contributed by atoms with Crippen molar-refractivity contribution in [3.63, 3.8) is 0 Å². The molecule has 0 heterocycles. The van der Waals surface area contributed by atoms with E-state index >= 15 is 0 Å². The topological polar surface area (TPSA) is 49.9 Å². The lowest BCUT2D eigenvalue weighted by Crippen LogP contribution is -2.10. The second-order valence-corrected chi connectivity index (χ2v) is 6.57. The number of nitrogens with one attached hydrogen (secondary N) is 1. The summed E-state index contributed by atoms with van der Waals surface area (Å²) in [5.41, 5.74) is 13.9. The van der Waals surface area contributed by atoms with Crippen LogP contribution in [0.1, 0.15) is 72.9 Å². The maximum absolute atomic E-state index is 7.86. The standard InChI is InChI=1S/C18H24N2/c1-10(13-4-5-13)6-14-11(2)7-15-12(3)8-17(20)18(15)16(14)9-19/h6-7,9,12-13,17,19H,4-5,8,20H2,1-3H3/b10-6+,19-9?/t12-,17-/m0/s1. The summed E-state index contributed by atoms with van der Waals surface area (Å²) >= 11 is 0. The zero-order valence-corrected chi connectivity index (χ0v) is 12.7. The second-order valence-electron chi connectivity index (χ2n) is 6.57. The van der Waals surface area contributed by atoms with Gasteiger partial charge in [0.2, 0.25) is 0 Å². The van der Waals surface area contributed by atoms with E-state index in [0.29, 0.717) is 5.92 Å². The largest absolute Gasteiger partial charge is 0.324 e. The van der Waals surface area contributed by atoms with Gasteiger partial charge in [-0.25, -0.2) is 0 Å². The van der Waals surface area contributed by atoms with E-state index in [9.17, 15) is 0 Å². The van der Waals surface area contributed by atoms with Crippen LogP contribution >= 0.6 is 0 Å². The third-order valence-electron chi connectivity index (χ3n) is 4.94. The van der Waals surface area contributed by atoms with Crippen LogP contribution in [0.5, 0.6) is 0 Å². The molecule has 2 aliphatic rings. The Kier molecular flexibility index (Phi) is 3.29. The first-order chi connectivity index (χ1) is 9.52. The molecule has 1 aromatic rings. The third-order valence-corrected chi connectivity index (χ3v) is 4.94. The van der Waals surface area contributed by atoms with Crippen molar-refractivity contribution in [2.24, 2.45) is 11.7 Å². The molecule has 2 aliphatic carbocycles. The summed E-state index contributed by atoms with van der Waals surface area (Å²) in [5.74, 6) is 1.29. The fourth-order valence-corrected chi connectivity index (χ4v) is 3.58. The summed E-state index contributed by atoms with van der Waals surface area (Å²) in [7, 11) is 0. The highest BCUT2D eigenvalue weighted by Gasteiger charge is 2.30. The maximum Gasteiger partial charge on any atom is 0.0310 e. The van der Waals surface area contributed by atoms with E-state index in [4.69, 9.17) is 11.1 Å². The number of hydrogen-bond donors (Lipinski definition) is 2. The average Bonchev–Trinajstić information content (AvgIpc) is 3.20. The van der Waals surface area contributed by atoms with Crippen molar-refractivity contribution in [1.29, 1.82) is 5.41 Å². The van der Waals surface area contributed by atoms with Gasteiger partial charge in [0.1, 0.15) is 0 Å². The number of allylic oxidation sites excluding steroid dienone is 1. The first kappa shape index (κ1) is 13.6. The van der Waals surface area contributed by atoms with Gasteiger partial charge in [0, 0.05) is 17.8 Å². The van der Waals surface area contributed by atoms with Crippen LogP contribution < -0.4 is 5.73 Å². The third kappa shape index (κ3) is 2.12. The van der Waals surface area contributed by atoms with Crippen LogP contribution in [0.2, 0.25) is 0 Å². The van der Waals surface area contributed by atoms with Gasteiger partial charge in [-0.3, -0.25) is 0 Å². The van der Waals surface area contributed by atoms with Crippen molar-refractivity contribution < 1.29 is 0 Å². The molecule has 0 spiro atoms. The molecule has 2 nitrogen and oxygen atoms in total. The van der Waals surface area contributed by atoms with Crippen LogP contribution in [-0.2, 0) is 0 Å². The Balaban J connectivity index is 2.17. The lowest BCUT2D eigenvalue weighted by atomic mass is 9.90. The molecule has 2 atom stereocenters. The number of rotatable bonds is 3. The van der Waals surface area contributed by atoms with Crippen molar-refractivity contribution in [2.45, 2.75) is 52.0 Å².